The Bertz CT molecular complexity index is 357. The van der Waals surface area contributed by atoms with Crippen LogP contribution >= 0.6 is 15.9 Å². The maximum absolute atomic E-state index is 5.65. The Kier molecular flexibility index (Phi) is 1.35. The first-order valence-corrected chi connectivity index (χ1v) is 3.96. The van der Waals surface area contributed by atoms with Gasteiger partial charge in [-0.1, -0.05) is 0 Å². The Hall–Kier alpha value is -1.03. The van der Waals surface area contributed by atoms with Gasteiger partial charge in [0.05, 0.1) is 11.7 Å². The van der Waals surface area contributed by atoms with E-state index in [2.05, 4.69) is 21.0 Å². The lowest BCUT2D eigenvalue weighted by molar-refractivity contribution is 0.971. The average molecular weight is 212 g/mol. The van der Waals surface area contributed by atoms with Crippen molar-refractivity contribution in [2.75, 3.05) is 5.73 Å². The Balaban J connectivity index is 2.96. The molecule has 2 N–H and O–H groups in total. The molecule has 2 rings (SSSR count). The number of nitrogen functional groups attached to an aromatic ring is 1. The average Bonchev–Trinajstić information content (AvgIpc) is 2.45. The zero-order valence-corrected chi connectivity index (χ0v) is 7.25. The van der Waals surface area contributed by atoms with Crippen LogP contribution in [0, 0.1) is 0 Å². The molecule has 0 saturated carbocycles. The van der Waals surface area contributed by atoms with Crippen molar-refractivity contribution in [1.82, 2.24) is 9.61 Å². The van der Waals surface area contributed by atoms with Gasteiger partial charge in [0, 0.05) is 4.47 Å². The Morgan fingerprint density at radius 2 is 2.18 bits per heavy atom. The molecule has 0 fully saturated rings. The van der Waals surface area contributed by atoms with Crippen molar-refractivity contribution >= 4 is 27.3 Å². The van der Waals surface area contributed by atoms with E-state index in [0.29, 0.717) is 5.82 Å². The molecule has 0 aliphatic rings. The van der Waals surface area contributed by atoms with Crippen molar-refractivity contribution < 1.29 is 0 Å². The zero-order valence-electron chi connectivity index (χ0n) is 5.66. The summed E-state index contributed by atoms with van der Waals surface area (Å²) in [5, 5.41) is 4.04. The fraction of sp³-hybridized carbons (Fsp3) is 0. The summed E-state index contributed by atoms with van der Waals surface area (Å²) in [4.78, 5) is 0. The maximum Gasteiger partial charge on any atom is 0.125 e. The monoisotopic (exact) mass is 211 g/mol. The summed E-state index contributed by atoms with van der Waals surface area (Å²) in [5.41, 5.74) is 6.64. The van der Waals surface area contributed by atoms with Gasteiger partial charge >= 0.3 is 0 Å². The highest BCUT2D eigenvalue weighted by Gasteiger charge is 1.99. The summed E-state index contributed by atoms with van der Waals surface area (Å²) in [6.45, 7) is 0. The van der Waals surface area contributed by atoms with Crippen LogP contribution in [0.4, 0.5) is 5.82 Å². The summed E-state index contributed by atoms with van der Waals surface area (Å²) in [6, 6.07) is 5.62. The highest BCUT2D eigenvalue weighted by Crippen LogP contribution is 2.19. The topological polar surface area (TPSA) is 43.3 Å². The van der Waals surface area contributed by atoms with E-state index < -0.39 is 0 Å². The molecule has 11 heavy (non-hydrogen) atoms. The lowest BCUT2D eigenvalue weighted by atomic mass is 10.4. The third-order valence-corrected chi connectivity index (χ3v) is 2.20. The van der Waals surface area contributed by atoms with E-state index in [1.54, 1.807) is 10.7 Å². The fourth-order valence-electron chi connectivity index (χ4n) is 1.00. The van der Waals surface area contributed by atoms with Crippen molar-refractivity contribution in [1.29, 1.82) is 0 Å². The van der Waals surface area contributed by atoms with Crippen LogP contribution in [-0.4, -0.2) is 9.61 Å². The molecule has 0 radical (unpaired) electrons. The van der Waals surface area contributed by atoms with Crippen molar-refractivity contribution in [3.63, 3.8) is 0 Å². The molecule has 0 aromatic carbocycles. The van der Waals surface area contributed by atoms with Gasteiger partial charge in [-0.15, -0.1) is 0 Å². The summed E-state index contributed by atoms with van der Waals surface area (Å²) < 4.78 is 2.69. The molecule has 0 bridgehead atoms. The fourth-order valence-corrected chi connectivity index (χ4v) is 1.44. The molecule has 3 nitrogen and oxygen atoms in total. The highest BCUT2D eigenvalue weighted by molar-refractivity contribution is 9.10. The molecule has 2 heterocycles. The lowest BCUT2D eigenvalue weighted by Crippen LogP contribution is -1.97. The second-order valence-corrected chi connectivity index (χ2v) is 3.09. The summed E-state index contributed by atoms with van der Waals surface area (Å²) in [7, 11) is 0. The van der Waals surface area contributed by atoms with Crippen LogP contribution in [-0.2, 0) is 0 Å². The van der Waals surface area contributed by atoms with Crippen LogP contribution in [0.2, 0.25) is 0 Å². The molecule has 2 aromatic heterocycles. The van der Waals surface area contributed by atoms with E-state index in [0.717, 1.165) is 9.99 Å². The Labute approximate surface area is 71.9 Å². The number of hydrogen-bond acceptors (Lipinski definition) is 2. The lowest BCUT2D eigenvalue weighted by Gasteiger charge is -1.98. The number of nitrogens with zero attached hydrogens (tertiary/aromatic N) is 2. The number of fused-ring (bicyclic) bond motifs is 1. The van der Waals surface area contributed by atoms with Gasteiger partial charge < -0.3 is 5.73 Å². The van der Waals surface area contributed by atoms with Crippen molar-refractivity contribution in [2.24, 2.45) is 0 Å². The first kappa shape index (κ1) is 6.67. The minimum Gasteiger partial charge on any atom is -0.384 e. The number of aromatic nitrogens is 2. The SMILES string of the molecule is Nc1ccc(Br)c2ccnn12. The smallest absolute Gasteiger partial charge is 0.125 e. The molecule has 0 atom stereocenters. The van der Waals surface area contributed by atoms with E-state index in [9.17, 15) is 0 Å². The van der Waals surface area contributed by atoms with E-state index in [1.165, 1.54) is 0 Å². The quantitative estimate of drug-likeness (QED) is 0.721. The van der Waals surface area contributed by atoms with Gasteiger partial charge in [-0.25, -0.2) is 4.52 Å². The zero-order chi connectivity index (χ0) is 7.84. The molecule has 0 saturated heterocycles. The van der Waals surface area contributed by atoms with Crippen LogP contribution in [0.15, 0.2) is 28.9 Å². The van der Waals surface area contributed by atoms with Gasteiger partial charge in [0.25, 0.3) is 0 Å². The number of anilines is 1. The Morgan fingerprint density at radius 3 is 2.91 bits per heavy atom. The van der Waals surface area contributed by atoms with Crippen LogP contribution in [0.1, 0.15) is 0 Å². The van der Waals surface area contributed by atoms with E-state index in [-0.39, 0.29) is 0 Å². The number of pyridine rings is 1. The highest BCUT2D eigenvalue weighted by atomic mass is 79.9. The molecular formula is C7H6BrN3. The Morgan fingerprint density at radius 1 is 1.36 bits per heavy atom. The molecular weight excluding hydrogens is 206 g/mol. The molecule has 0 aliphatic carbocycles. The first-order chi connectivity index (χ1) is 5.29. The first-order valence-electron chi connectivity index (χ1n) is 3.17. The van der Waals surface area contributed by atoms with Gasteiger partial charge in [-0.05, 0) is 34.1 Å². The predicted molar refractivity (Wildman–Crippen MR) is 47.3 cm³/mol. The molecule has 2 aromatic rings. The van der Waals surface area contributed by atoms with E-state index >= 15 is 0 Å². The molecule has 0 amide bonds. The largest absolute Gasteiger partial charge is 0.384 e. The van der Waals surface area contributed by atoms with Crippen LogP contribution in [0.5, 0.6) is 0 Å². The number of rotatable bonds is 0. The third-order valence-electron chi connectivity index (χ3n) is 1.53. The number of nitrogens with two attached hydrogens (primary N) is 1. The predicted octanol–water partition coefficient (Wildman–Crippen LogP) is 1.68. The van der Waals surface area contributed by atoms with Crippen LogP contribution in [0.25, 0.3) is 5.52 Å². The molecule has 0 aliphatic heterocycles. The molecule has 0 unspecified atom stereocenters. The standard InChI is InChI=1S/C7H6BrN3/c8-5-1-2-7(9)11-6(5)3-4-10-11/h1-4H,9H2. The minimum absolute atomic E-state index is 0.646. The molecule has 4 heteroatoms. The second-order valence-electron chi connectivity index (χ2n) is 2.23. The second kappa shape index (κ2) is 2.23. The number of halogens is 1. The van der Waals surface area contributed by atoms with Crippen LogP contribution < -0.4 is 5.73 Å². The normalized spacial score (nSPS) is 10.6. The minimum atomic E-state index is 0.646. The summed E-state index contributed by atoms with van der Waals surface area (Å²) in [6.07, 6.45) is 1.72. The molecule has 56 valence electrons. The van der Waals surface area contributed by atoms with Gasteiger partial charge in [0.1, 0.15) is 5.82 Å². The third kappa shape index (κ3) is 0.903. The van der Waals surface area contributed by atoms with Gasteiger partial charge in [0.15, 0.2) is 0 Å². The van der Waals surface area contributed by atoms with Crippen molar-refractivity contribution in [3.8, 4) is 0 Å². The number of hydrogen-bond donors (Lipinski definition) is 1. The van der Waals surface area contributed by atoms with E-state index in [4.69, 9.17) is 5.73 Å². The van der Waals surface area contributed by atoms with Crippen molar-refractivity contribution in [2.45, 2.75) is 0 Å². The molecule has 0 spiro atoms. The van der Waals surface area contributed by atoms with E-state index in [1.807, 2.05) is 18.2 Å². The van der Waals surface area contributed by atoms with Gasteiger partial charge in [-0.2, -0.15) is 5.10 Å². The summed E-state index contributed by atoms with van der Waals surface area (Å²) in [5.74, 6) is 0.646. The van der Waals surface area contributed by atoms with Gasteiger partial charge in [-0.3, -0.25) is 0 Å². The summed E-state index contributed by atoms with van der Waals surface area (Å²) >= 11 is 3.39. The maximum atomic E-state index is 5.65. The van der Waals surface area contributed by atoms with Gasteiger partial charge in [0.2, 0.25) is 0 Å². The van der Waals surface area contributed by atoms with Crippen molar-refractivity contribution in [3.05, 3.63) is 28.9 Å². The van der Waals surface area contributed by atoms with Crippen LogP contribution in [0.3, 0.4) is 0 Å².